The monoisotopic (exact) mass is 270 g/mol. The van der Waals surface area contributed by atoms with Gasteiger partial charge in [-0.25, -0.2) is 9.69 Å². The lowest BCUT2D eigenvalue weighted by molar-refractivity contribution is -0.120. The third-order valence-electron chi connectivity index (χ3n) is 5.09. The molecule has 4 nitrogen and oxygen atoms in total. The van der Waals surface area contributed by atoms with Crippen LogP contribution in [0.4, 0.5) is 10.5 Å². The zero-order chi connectivity index (χ0) is 13.9. The fourth-order valence-electron chi connectivity index (χ4n) is 4.11. The highest BCUT2D eigenvalue weighted by Crippen LogP contribution is 2.46. The summed E-state index contributed by atoms with van der Waals surface area (Å²) >= 11 is 0. The highest BCUT2D eigenvalue weighted by Gasteiger charge is 2.57. The number of carbonyl (C=O) groups excluding carboxylic acids is 2. The minimum atomic E-state index is -0.198. The quantitative estimate of drug-likeness (QED) is 0.736. The summed E-state index contributed by atoms with van der Waals surface area (Å²) in [7, 11) is 0. The van der Waals surface area contributed by atoms with E-state index in [2.05, 4.69) is 0 Å². The Labute approximate surface area is 118 Å². The largest absolute Gasteiger partial charge is 0.332 e. The molecule has 2 saturated heterocycles. The molecule has 4 heteroatoms. The summed E-state index contributed by atoms with van der Waals surface area (Å²) in [5.74, 6) is 0.920. The number of hydrogen-bond donors (Lipinski definition) is 0. The number of nitrogens with zero attached hydrogens (tertiary/aromatic N) is 2. The van der Waals surface area contributed by atoms with Gasteiger partial charge in [-0.1, -0.05) is 24.1 Å². The lowest BCUT2D eigenvalue weighted by Crippen LogP contribution is -2.35. The maximum atomic E-state index is 12.7. The van der Waals surface area contributed by atoms with Crippen LogP contribution in [0.25, 0.3) is 0 Å². The molecule has 2 aliphatic heterocycles. The van der Waals surface area contributed by atoms with Crippen LogP contribution < -0.4 is 4.90 Å². The van der Waals surface area contributed by atoms with Crippen molar-refractivity contribution in [2.45, 2.75) is 32.2 Å². The second-order valence-electron chi connectivity index (χ2n) is 6.24. The van der Waals surface area contributed by atoms with Gasteiger partial charge in [0.25, 0.3) is 5.91 Å². The van der Waals surface area contributed by atoms with E-state index >= 15 is 0 Å². The van der Waals surface area contributed by atoms with Gasteiger partial charge in [-0.15, -0.1) is 0 Å². The maximum Gasteiger partial charge on any atom is 0.332 e. The van der Waals surface area contributed by atoms with Crippen molar-refractivity contribution in [1.82, 2.24) is 4.90 Å². The first-order chi connectivity index (χ1) is 9.66. The zero-order valence-electron chi connectivity index (χ0n) is 11.6. The summed E-state index contributed by atoms with van der Waals surface area (Å²) < 4.78 is 0. The van der Waals surface area contributed by atoms with Crippen LogP contribution in [0.3, 0.4) is 0 Å². The molecule has 0 N–H and O–H groups in total. The van der Waals surface area contributed by atoms with Crippen molar-refractivity contribution in [3.63, 3.8) is 0 Å². The molecular weight excluding hydrogens is 252 g/mol. The Morgan fingerprint density at radius 1 is 1.10 bits per heavy atom. The van der Waals surface area contributed by atoms with E-state index in [0.29, 0.717) is 17.5 Å². The van der Waals surface area contributed by atoms with E-state index < -0.39 is 0 Å². The number of imide groups is 1. The van der Waals surface area contributed by atoms with Crippen LogP contribution in [-0.2, 0) is 4.79 Å². The summed E-state index contributed by atoms with van der Waals surface area (Å²) in [4.78, 5) is 28.4. The van der Waals surface area contributed by atoms with Crippen molar-refractivity contribution in [3.05, 3.63) is 29.8 Å². The predicted molar refractivity (Wildman–Crippen MR) is 75.4 cm³/mol. The van der Waals surface area contributed by atoms with Crippen LogP contribution in [0.2, 0.25) is 0 Å². The van der Waals surface area contributed by atoms with Crippen LogP contribution in [0.15, 0.2) is 24.3 Å². The van der Waals surface area contributed by atoms with Crippen molar-refractivity contribution < 1.29 is 9.59 Å². The number of anilines is 1. The Morgan fingerprint density at radius 3 is 2.60 bits per heavy atom. The molecule has 0 bridgehead atoms. The molecule has 1 saturated carbocycles. The summed E-state index contributed by atoms with van der Waals surface area (Å²) in [6.07, 6.45) is 3.46. The fraction of sp³-hybridized carbons (Fsp3) is 0.500. The van der Waals surface area contributed by atoms with Gasteiger partial charge < -0.3 is 4.90 Å². The van der Waals surface area contributed by atoms with E-state index in [9.17, 15) is 9.59 Å². The third-order valence-corrected chi connectivity index (χ3v) is 5.09. The first kappa shape index (κ1) is 11.9. The number of amides is 3. The number of benzene rings is 1. The molecule has 3 fully saturated rings. The highest BCUT2D eigenvalue weighted by atomic mass is 16.2. The minimum Gasteiger partial charge on any atom is -0.311 e. The van der Waals surface area contributed by atoms with Crippen molar-refractivity contribution >= 4 is 17.6 Å². The molecule has 0 radical (unpaired) electrons. The van der Waals surface area contributed by atoms with Crippen molar-refractivity contribution in [3.8, 4) is 0 Å². The van der Waals surface area contributed by atoms with Crippen LogP contribution in [0.1, 0.15) is 24.8 Å². The van der Waals surface area contributed by atoms with E-state index in [0.717, 1.165) is 18.5 Å². The van der Waals surface area contributed by atoms with Gasteiger partial charge in [-0.3, -0.25) is 4.79 Å². The molecule has 1 aliphatic carbocycles. The Balaban J connectivity index is 1.69. The maximum absolute atomic E-state index is 12.7. The third kappa shape index (κ3) is 1.48. The molecular formula is C16H18N2O2. The van der Waals surface area contributed by atoms with E-state index in [1.807, 2.05) is 31.2 Å². The normalized spacial score (nSPS) is 31.9. The van der Waals surface area contributed by atoms with Crippen LogP contribution in [0.5, 0.6) is 0 Å². The number of fused-ring (bicyclic) bond motifs is 3. The number of rotatable bonds is 1. The topological polar surface area (TPSA) is 40.6 Å². The van der Waals surface area contributed by atoms with E-state index in [-0.39, 0.29) is 18.0 Å². The fourth-order valence-corrected chi connectivity index (χ4v) is 4.11. The minimum absolute atomic E-state index is 0.0201. The summed E-state index contributed by atoms with van der Waals surface area (Å²) in [6.45, 7) is 2.76. The van der Waals surface area contributed by atoms with Gasteiger partial charge in [0.2, 0.25) is 0 Å². The zero-order valence-corrected chi connectivity index (χ0v) is 11.6. The summed E-state index contributed by atoms with van der Waals surface area (Å²) in [6, 6.07) is 7.28. The molecule has 3 aliphatic rings. The number of carbonyl (C=O) groups is 2. The molecule has 1 aromatic rings. The lowest BCUT2D eigenvalue weighted by atomic mass is 9.93. The van der Waals surface area contributed by atoms with Crippen molar-refractivity contribution in [2.24, 2.45) is 11.8 Å². The van der Waals surface area contributed by atoms with Crippen LogP contribution in [0, 0.1) is 18.8 Å². The van der Waals surface area contributed by atoms with Gasteiger partial charge in [-0.2, -0.15) is 0 Å². The van der Waals surface area contributed by atoms with E-state index in [4.69, 9.17) is 0 Å². The van der Waals surface area contributed by atoms with Gasteiger partial charge in [0.1, 0.15) is 6.04 Å². The smallest absolute Gasteiger partial charge is 0.311 e. The highest BCUT2D eigenvalue weighted by molar-refractivity contribution is 6.21. The van der Waals surface area contributed by atoms with Crippen LogP contribution >= 0.6 is 0 Å². The SMILES string of the molecule is Cc1ccc(N2C(=O)C3C4CCCC4CN3C2=O)cc1. The van der Waals surface area contributed by atoms with Crippen LogP contribution in [-0.4, -0.2) is 29.4 Å². The summed E-state index contributed by atoms with van der Waals surface area (Å²) in [5, 5.41) is 0. The van der Waals surface area contributed by atoms with Gasteiger partial charge in [0.05, 0.1) is 5.69 Å². The number of urea groups is 1. The molecule has 2 heterocycles. The van der Waals surface area contributed by atoms with Crippen molar-refractivity contribution in [2.75, 3.05) is 11.4 Å². The average molecular weight is 270 g/mol. The second kappa shape index (κ2) is 4.08. The average Bonchev–Trinajstić information content (AvgIpc) is 3.05. The molecule has 3 unspecified atom stereocenters. The van der Waals surface area contributed by atoms with E-state index in [1.54, 1.807) is 4.90 Å². The van der Waals surface area contributed by atoms with Gasteiger partial charge >= 0.3 is 6.03 Å². The first-order valence-corrected chi connectivity index (χ1v) is 7.38. The predicted octanol–water partition coefficient (Wildman–Crippen LogP) is 2.56. The Hall–Kier alpha value is -1.84. The molecule has 0 aromatic heterocycles. The molecule has 1 aromatic carbocycles. The van der Waals surface area contributed by atoms with Gasteiger partial charge in [0, 0.05) is 6.54 Å². The Morgan fingerprint density at radius 2 is 1.85 bits per heavy atom. The molecule has 104 valence electrons. The van der Waals surface area contributed by atoms with Gasteiger partial charge in [-0.05, 0) is 43.7 Å². The van der Waals surface area contributed by atoms with E-state index in [1.165, 1.54) is 17.7 Å². The van der Waals surface area contributed by atoms with Gasteiger partial charge in [0.15, 0.2) is 0 Å². The standard InChI is InChI=1S/C16H18N2O2/c1-10-5-7-12(8-6-10)18-15(19)14-13-4-2-3-11(13)9-17(14)16(18)20/h5-8,11,13-14H,2-4,9H2,1H3. The molecule has 0 spiro atoms. The molecule has 3 atom stereocenters. The molecule has 3 amide bonds. The van der Waals surface area contributed by atoms with Crippen molar-refractivity contribution in [1.29, 1.82) is 0 Å². The lowest BCUT2D eigenvalue weighted by Gasteiger charge is -2.17. The molecule has 4 rings (SSSR count). The number of hydrogen-bond acceptors (Lipinski definition) is 2. The first-order valence-electron chi connectivity index (χ1n) is 7.38. The number of aryl methyl sites for hydroxylation is 1. The Kier molecular flexibility index (Phi) is 2.43. The summed E-state index contributed by atoms with van der Waals surface area (Å²) in [5.41, 5.74) is 1.83. The molecule has 20 heavy (non-hydrogen) atoms. The second-order valence-corrected chi connectivity index (χ2v) is 6.24. The Bertz CT molecular complexity index is 581.